The summed E-state index contributed by atoms with van der Waals surface area (Å²) in [4.78, 5) is 23.3. The monoisotopic (exact) mass is 397 g/mol. The van der Waals surface area contributed by atoms with Crippen LogP contribution in [0.4, 0.5) is 0 Å². The number of esters is 1. The normalized spacial score (nSPS) is 10.7. The van der Waals surface area contributed by atoms with Gasteiger partial charge >= 0.3 is 5.97 Å². The second kappa shape index (κ2) is 9.47. The predicted octanol–water partition coefficient (Wildman–Crippen LogP) is 4.52. The van der Waals surface area contributed by atoms with Gasteiger partial charge in [0, 0.05) is 27.7 Å². The Labute approximate surface area is 160 Å². The van der Waals surface area contributed by atoms with Gasteiger partial charge in [-0.2, -0.15) is 0 Å². The minimum absolute atomic E-state index is 0.323. The molecule has 0 heterocycles. The Morgan fingerprint density at radius 2 is 1.68 bits per heavy atom. The molecule has 4 nitrogen and oxygen atoms in total. The van der Waals surface area contributed by atoms with Crippen molar-refractivity contribution in [3.8, 4) is 0 Å². The topological polar surface area (TPSA) is 55.4 Å². The molecule has 0 aliphatic rings. The summed E-state index contributed by atoms with van der Waals surface area (Å²) in [5.41, 5.74) is 1.51. The third-order valence-electron chi connectivity index (χ3n) is 3.11. The number of rotatable bonds is 6. The van der Waals surface area contributed by atoms with Crippen molar-refractivity contribution >= 4 is 52.8 Å². The molecule has 0 saturated heterocycles. The Balaban J connectivity index is 1.76. The second-order valence-electron chi connectivity index (χ2n) is 5.01. The van der Waals surface area contributed by atoms with Gasteiger partial charge in [-0.25, -0.2) is 4.79 Å². The summed E-state index contributed by atoms with van der Waals surface area (Å²) in [7, 11) is 0. The molecule has 2 aromatic rings. The highest BCUT2D eigenvalue weighted by molar-refractivity contribution is 6.35. The molecule has 0 unspecified atom stereocenters. The van der Waals surface area contributed by atoms with Gasteiger partial charge in [0.25, 0.3) is 5.91 Å². The van der Waals surface area contributed by atoms with Gasteiger partial charge in [0.2, 0.25) is 0 Å². The molecule has 1 amide bonds. The molecule has 0 aliphatic carbocycles. The molecule has 2 aromatic carbocycles. The fraction of sp³-hybridized carbons (Fsp3) is 0.111. The van der Waals surface area contributed by atoms with Crippen LogP contribution in [0.3, 0.4) is 0 Å². The summed E-state index contributed by atoms with van der Waals surface area (Å²) in [6.07, 6.45) is 2.69. The summed E-state index contributed by atoms with van der Waals surface area (Å²) in [6.45, 7) is -0.0467. The highest BCUT2D eigenvalue weighted by Gasteiger charge is 2.05. The highest BCUT2D eigenvalue weighted by Crippen LogP contribution is 2.21. The lowest BCUT2D eigenvalue weighted by Gasteiger charge is -2.05. The van der Waals surface area contributed by atoms with Crippen molar-refractivity contribution in [2.45, 2.75) is 6.54 Å². The van der Waals surface area contributed by atoms with E-state index in [2.05, 4.69) is 5.32 Å². The van der Waals surface area contributed by atoms with Crippen molar-refractivity contribution in [3.63, 3.8) is 0 Å². The Bertz CT molecular complexity index is 789. The van der Waals surface area contributed by atoms with Gasteiger partial charge in [-0.05, 0) is 41.5 Å². The third kappa shape index (κ3) is 6.78. The van der Waals surface area contributed by atoms with Crippen LogP contribution in [0, 0.1) is 0 Å². The number of nitrogens with one attached hydrogen (secondary N) is 1. The molecular weight excluding hydrogens is 385 g/mol. The SMILES string of the molecule is O=C(COC(=O)/C=C/c1ccc(Cl)cc1Cl)NCc1ccc(Cl)cc1. The van der Waals surface area contributed by atoms with Crippen LogP contribution in [0.1, 0.15) is 11.1 Å². The van der Waals surface area contributed by atoms with E-state index in [1.807, 2.05) is 0 Å². The molecular formula is C18H14Cl3NO3. The molecule has 25 heavy (non-hydrogen) atoms. The maximum atomic E-state index is 11.7. The molecule has 1 N–H and O–H groups in total. The lowest BCUT2D eigenvalue weighted by Crippen LogP contribution is -2.28. The van der Waals surface area contributed by atoms with Crippen LogP contribution >= 0.6 is 34.8 Å². The average Bonchev–Trinajstić information content (AvgIpc) is 2.58. The first-order chi connectivity index (χ1) is 11.9. The van der Waals surface area contributed by atoms with Crippen molar-refractivity contribution < 1.29 is 14.3 Å². The molecule has 2 rings (SSSR count). The molecule has 0 saturated carbocycles. The quantitative estimate of drug-likeness (QED) is 0.575. The van der Waals surface area contributed by atoms with Crippen LogP contribution in [-0.4, -0.2) is 18.5 Å². The van der Waals surface area contributed by atoms with E-state index in [4.69, 9.17) is 39.5 Å². The number of halogens is 3. The number of amides is 1. The van der Waals surface area contributed by atoms with E-state index in [1.54, 1.807) is 42.5 Å². The number of hydrogen-bond donors (Lipinski definition) is 1. The largest absolute Gasteiger partial charge is 0.452 e. The van der Waals surface area contributed by atoms with Gasteiger partial charge in [0.1, 0.15) is 0 Å². The fourth-order valence-corrected chi connectivity index (χ4v) is 2.43. The Morgan fingerprint density at radius 3 is 2.36 bits per heavy atom. The molecule has 0 atom stereocenters. The highest BCUT2D eigenvalue weighted by atomic mass is 35.5. The zero-order chi connectivity index (χ0) is 18.2. The third-order valence-corrected chi connectivity index (χ3v) is 3.92. The first-order valence-corrected chi connectivity index (χ1v) is 8.38. The number of hydrogen-bond acceptors (Lipinski definition) is 3. The Kier molecular flexibility index (Phi) is 7.31. The van der Waals surface area contributed by atoms with E-state index in [1.165, 1.54) is 12.2 Å². The van der Waals surface area contributed by atoms with Crippen LogP contribution in [0.15, 0.2) is 48.5 Å². The number of carbonyl (C=O) groups is 2. The minimum Gasteiger partial charge on any atom is -0.452 e. The predicted molar refractivity (Wildman–Crippen MR) is 99.8 cm³/mol. The van der Waals surface area contributed by atoms with E-state index < -0.39 is 11.9 Å². The number of benzene rings is 2. The molecule has 0 aliphatic heterocycles. The van der Waals surface area contributed by atoms with Crippen LogP contribution in [0.5, 0.6) is 0 Å². The van der Waals surface area contributed by atoms with E-state index in [0.717, 1.165) is 5.56 Å². The van der Waals surface area contributed by atoms with Gasteiger partial charge in [-0.1, -0.05) is 53.0 Å². The van der Waals surface area contributed by atoms with E-state index >= 15 is 0 Å². The average molecular weight is 399 g/mol. The smallest absolute Gasteiger partial charge is 0.331 e. The Hall–Kier alpha value is -2.01. The van der Waals surface area contributed by atoms with Crippen LogP contribution in [0.2, 0.25) is 15.1 Å². The van der Waals surface area contributed by atoms with Gasteiger partial charge in [0.05, 0.1) is 0 Å². The summed E-state index contributed by atoms with van der Waals surface area (Å²) >= 11 is 17.6. The fourth-order valence-electron chi connectivity index (χ4n) is 1.83. The zero-order valence-electron chi connectivity index (χ0n) is 13.0. The Morgan fingerprint density at radius 1 is 1.00 bits per heavy atom. The van der Waals surface area contributed by atoms with Crippen molar-refractivity contribution in [2.24, 2.45) is 0 Å². The molecule has 0 fully saturated rings. The van der Waals surface area contributed by atoms with Gasteiger partial charge < -0.3 is 10.1 Å². The van der Waals surface area contributed by atoms with Crippen molar-refractivity contribution in [3.05, 3.63) is 74.7 Å². The lowest BCUT2D eigenvalue weighted by molar-refractivity contribution is -0.143. The van der Waals surface area contributed by atoms with E-state index in [-0.39, 0.29) is 6.61 Å². The minimum atomic E-state index is -0.646. The first kappa shape index (κ1) is 19.3. The lowest BCUT2D eigenvalue weighted by atomic mass is 10.2. The van der Waals surface area contributed by atoms with Crippen molar-refractivity contribution in [1.82, 2.24) is 5.32 Å². The number of carbonyl (C=O) groups excluding carboxylic acids is 2. The maximum Gasteiger partial charge on any atom is 0.331 e. The molecule has 0 spiro atoms. The van der Waals surface area contributed by atoms with Gasteiger partial charge in [-0.3, -0.25) is 4.79 Å². The zero-order valence-corrected chi connectivity index (χ0v) is 15.2. The molecule has 7 heteroatoms. The van der Waals surface area contributed by atoms with Crippen molar-refractivity contribution in [1.29, 1.82) is 0 Å². The van der Waals surface area contributed by atoms with Gasteiger partial charge in [-0.15, -0.1) is 0 Å². The summed E-state index contributed by atoms with van der Waals surface area (Å²) in [5, 5.41) is 4.18. The maximum absolute atomic E-state index is 11.7. The molecule has 0 bridgehead atoms. The standard InChI is InChI=1S/C18H14Cl3NO3/c19-14-5-1-12(2-6-14)10-22-17(23)11-25-18(24)8-4-13-3-7-15(20)9-16(13)21/h1-9H,10-11H2,(H,22,23)/b8-4+. The molecule has 0 aromatic heterocycles. The van der Waals surface area contributed by atoms with Crippen molar-refractivity contribution in [2.75, 3.05) is 6.61 Å². The second-order valence-corrected chi connectivity index (χ2v) is 6.29. The first-order valence-electron chi connectivity index (χ1n) is 7.25. The van der Waals surface area contributed by atoms with Crippen LogP contribution in [-0.2, 0) is 20.9 Å². The van der Waals surface area contributed by atoms with Crippen LogP contribution in [0.25, 0.3) is 6.08 Å². The summed E-state index contributed by atoms with van der Waals surface area (Å²) in [5.74, 6) is -1.05. The summed E-state index contributed by atoms with van der Waals surface area (Å²) < 4.78 is 4.87. The summed E-state index contributed by atoms with van der Waals surface area (Å²) in [6, 6.07) is 12.0. The van der Waals surface area contributed by atoms with Crippen LogP contribution < -0.4 is 5.32 Å². The molecule has 0 radical (unpaired) electrons. The van der Waals surface area contributed by atoms with E-state index in [0.29, 0.717) is 27.2 Å². The molecule has 130 valence electrons. The van der Waals surface area contributed by atoms with E-state index in [9.17, 15) is 9.59 Å². The van der Waals surface area contributed by atoms with Gasteiger partial charge in [0.15, 0.2) is 6.61 Å². The number of ether oxygens (including phenoxy) is 1.